The molecule has 2 aromatic carbocycles. The van der Waals surface area contributed by atoms with E-state index in [1.165, 1.54) is 19.2 Å². The van der Waals surface area contributed by atoms with Crippen LogP contribution in [0, 0.1) is 11.3 Å². The van der Waals surface area contributed by atoms with E-state index in [9.17, 15) is 4.79 Å². The number of halogens is 1. The first-order chi connectivity index (χ1) is 9.65. The van der Waals surface area contributed by atoms with Crippen molar-refractivity contribution < 1.29 is 14.3 Å². The Morgan fingerprint density at radius 3 is 2.55 bits per heavy atom. The Labute approximate surface area is 121 Å². The lowest BCUT2D eigenvalue weighted by molar-refractivity contribution is 0.0730. The summed E-state index contributed by atoms with van der Waals surface area (Å²) in [6.07, 6.45) is 0. The van der Waals surface area contributed by atoms with Gasteiger partial charge in [-0.3, -0.25) is 0 Å². The molecule has 2 rings (SSSR count). The predicted octanol–water partition coefficient (Wildman–Crippen LogP) is 3.44. The minimum atomic E-state index is -0.546. The summed E-state index contributed by atoms with van der Waals surface area (Å²) >= 11 is 6.02. The van der Waals surface area contributed by atoms with Crippen molar-refractivity contribution in [2.24, 2.45) is 0 Å². The number of esters is 1. The Hall–Kier alpha value is -2.51. The second-order valence-electron chi connectivity index (χ2n) is 3.86. The highest BCUT2D eigenvalue weighted by Crippen LogP contribution is 2.36. The predicted molar refractivity (Wildman–Crippen MR) is 74.1 cm³/mol. The first-order valence-corrected chi connectivity index (χ1v) is 6.08. The third-order valence-electron chi connectivity index (χ3n) is 2.56. The van der Waals surface area contributed by atoms with Gasteiger partial charge >= 0.3 is 5.97 Å². The maximum Gasteiger partial charge on any atom is 0.343 e. The van der Waals surface area contributed by atoms with Crippen molar-refractivity contribution in [1.29, 1.82) is 5.26 Å². The molecule has 0 unspecified atom stereocenters. The molecule has 0 atom stereocenters. The topological polar surface area (TPSA) is 59.3 Å². The minimum absolute atomic E-state index is 0.0991. The molecule has 0 spiro atoms. The Morgan fingerprint density at radius 2 is 1.95 bits per heavy atom. The number of methoxy groups -OCH3 is 1. The van der Waals surface area contributed by atoms with Gasteiger partial charge in [0.05, 0.1) is 29.3 Å². The van der Waals surface area contributed by atoms with Gasteiger partial charge in [-0.05, 0) is 18.2 Å². The monoisotopic (exact) mass is 287 g/mol. The number of nitriles is 1. The third kappa shape index (κ3) is 2.90. The van der Waals surface area contributed by atoms with E-state index in [1.54, 1.807) is 30.3 Å². The zero-order chi connectivity index (χ0) is 14.5. The Morgan fingerprint density at radius 1 is 1.25 bits per heavy atom. The molecule has 0 aliphatic carbocycles. The van der Waals surface area contributed by atoms with E-state index in [2.05, 4.69) is 0 Å². The van der Waals surface area contributed by atoms with E-state index in [-0.39, 0.29) is 16.5 Å². The van der Waals surface area contributed by atoms with Gasteiger partial charge in [0.15, 0.2) is 11.5 Å². The number of hydrogen-bond donors (Lipinski definition) is 0. The average Bonchev–Trinajstić information content (AvgIpc) is 2.49. The lowest BCUT2D eigenvalue weighted by Crippen LogP contribution is -2.09. The fraction of sp³-hybridized carbons (Fsp3) is 0.0667. The molecule has 2 aromatic rings. The largest absolute Gasteiger partial charge is 0.493 e. The van der Waals surface area contributed by atoms with Crippen LogP contribution in [0.3, 0.4) is 0 Å². The van der Waals surface area contributed by atoms with Gasteiger partial charge in [0.25, 0.3) is 0 Å². The van der Waals surface area contributed by atoms with Crippen LogP contribution in [0.1, 0.15) is 15.9 Å². The van der Waals surface area contributed by atoms with E-state index in [1.807, 2.05) is 6.07 Å². The third-order valence-corrected chi connectivity index (χ3v) is 2.84. The molecule has 0 aliphatic rings. The molecule has 0 saturated heterocycles. The van der Waals surface area contributed by atoms with Crippen molar-refractivity contribution in [3.63, 3.8) is 0 Å². The Balaban J connectivity index is 2.35. The quantitative estimate of drug-likeness (QED) is 0.641. The van der Waals surface area contributed by atoms with Crippen LogP contribution < -0.4 is 9.47 Å². The molecule has 4 nitrogen and oxygen atoms in total. The smallest absolute Gasteiger partial charge is 0.343 e. The number of benzene rings is 2. The summed E-state index contributed by atoms with van der Waals surface area (Å²) in [6, 6.07) is 13.3. The van der Waals surface area contributed by atoms with Gasteiger partial charge in [0.1, 0.15) is 0 Å². The fourth-order valence-corrected chi connectivity index (χ4v) is 1.86. The first kappa shape index (κ1) is 13.9. The minimum Gasteiger partial charge on any atom is -0.493 e. The molecule has 0 N–H and O–H groups in total. The van der Waals surface area contributed by atoms with Crippen LogP contribution >= 0.6 is 11.6 Å². The summed E-state index contributed by atoms with van der Waals surface area (Å²) in [4.78, 5) is 12.0. The number of hydrogen-bond acceptors (Lipinski definition) is 4. The van der Waals surface area contributed by atoms with Crippen molar-refractivity contribution in [2.75, 3.05) is 7.11 Å². The molecule has 0 heterocycles. The van der Waals surface area contributed by atoms with E-state index in [0.717, 1.165) is 0 Å². The standard InChI is InChI=1S/C15H10ClNO3/c1-19-13-8-10(9-17)7-12(16)14(13)20-15(18)11-5-3-2-4-6-11/h2-8H,1H3. The summed E-state index contributed by atoms with van der Waals surface area (Å²) in [5, 5.41) is 9.00. The Kier molecular flexibility index (Phi) is 4.24. The molecule has 5 heteroatoms. The van der Waals surface area contributed by atoms with Crippen molar-refractivity contribution in [1.82, 2.24) is 0 Å². The van der Waals surface area contributed by atoms with Crippen LogP contribution in [-0.4, -0.2) is 13.1 Å². The first-order valence-electron chi connectivity index (χ1n) is 5.70. The van der Waals surface area contributed by atoms with Gasteiger partial charge in [0.2, 0.25) is 0 Å². The van der Waals surface area contributed by atoms with E-state index in [4.69, 9.17) is 26.3 Å². The van der Waals surface area contributed by atoms with Crippen molar-refractivity contribution in [3.8, 4) is 17.6 Å². The average molecular weight is 288 g/mol. The molecule has 0 aliphatic heterocycles. The van der Waals surface area contributed by atoms with Crippen LogP contribution in [0.15, 0.2) is 42.5 Å². The molecule has 100 valence electrons. The second-order valence-corrected chi connectivity index (χ2v) is 4.26. The zero-order valence-corrected chi connectivity index (χ0v) is 11.3. The van der Waals surface area contributed by atoms with E-state index in [0.29, 0.717) is 11.1 Å². The molecule has 0 aromatic heterocycles. The van der Waals surface area contributed by atoms with Gasteiger partial charge in [-0.25, -0.2) is 4.79 Å². The molecule has 0 saturated carbocycles. The zero-order valence-electron chi connectivity index (χ0n) is 10.6. The van der Waals surface area contributed by atoms with Crippen LogP contribution in [0.5, 0.6) is 11.5 Å². The highest BCUT2D eigenvalue weighted by Gasteiger charge is 2.16. The van der Waals surface area contributed by atoms with Crippen LogP contribution in [0.4, 0.5) is 0 Å². The van der Waals surface area contributed by atoms with Crippen molar-refractivity contribution in [2.45, 2.75) is 0 Å². The Bertz CT molecular complexity index is 678. The van der Waals surface area contributed by atoms with Crippen molar-refractivity contribution >= 4 is 17.6 Å². The summed E-state index contributed by atoms with van der Waals surface area (Å²) in [5.74, 6) is -0.212. The van der Waals surface area contributed by atoms with Gasteiger partial charge in [-0.2, -0.15) is 5.26 Å². The maximum absolute atomic E-state index is 12.0. The molecule has 20 heavy (non-hydrogen) atoms. The lowest BCUT2D eigenvalue weighted by Gasteiger charge is -2.11. The summed E-state index contributed by atoms with van der Waals surface area (Å²) in [6.45, 7) is 0. The molecular formula is C15H10ClNO3. The molecule has 0 amide bonds. The molecule has 0 radical (unpaired) electrons. The van der Waals surface area contributed by atoms with E-state index < -0.39 is 5.97 Å². The van der Waals surface area contributed by atoms with Crippen molar-refractivity contribution in [3.05, 3.63) is 58.6 Å². The highest BCUT2D eigenvalue weighted by molar-refractivity contribution is 6.32. The normalized spacial score (nSPS) is 9.65. The molecule has 0 fully saturated rings. The number of rotatable bonds is 3. The van der Waals surface area contributed by atoms with Gasteiger partial charge in [-0.15, -0.1) is 0 Å². The molecule has 0 bridgehead atoms. The van der Waals surface area contributed by atoms with Gasteiger partial charge in [0, 0.05) is 6.07 Å². The van der Waals surface area contributed by atoms with Crippen LogP contribution in [0.25, 0.3) is 0 Å². The summed E-state index contributed by atoms with van der Waals surface area (Å²) in [7, 11) is 1.41. The van der Waals surface area contributed by atoms with Gasteiger partial charge in [-0.1, -0.05) is 29.8 Å². The van der Waals surface area contributed by atoms with Crippen LogP contribution in [-0.2, 0) is 0 Å². The SMILES string of the molecule is COc1cc(C#N)cc(Cl)c1OC(=O)c1ccccc1. The highest BCUT2D eigenvalue weighted by atomic mass is 35.5. The second kappa shape index (κ2) is 6.09. The number of nitrogens with zero attached hydrogens (tertiary/aromatic N) is 1. The van der Waals surface area contributed by atoms with E-state index >= 15 is 0 Å². The summed E-state index contributed by atoms with van der Waals surface area (Å²) < 4.78 is 10.3. The van der Waals surface area contributed by atoms with Gasteiger partial charge < -0.3 is 9.47 Å². The fourth-order valence-electron chi connectivity index (χ4n) is 1.61. The molecular weight excluding hydrogens is 278 g/mol. The number of ether oxygens (including phenoxy) is 2. The lowest BCUT2D eigenvalue weighted by atomic mass is 10.2. The summed E-state index contributed by atoms with van der Waals surface area (Å²) in [5.41, 5.74) is 0.723. The number of carbonyl (C=O) groups excluding carboxylic acids is 1. The van der Waals surface area contributed by atoms with Crippen LogP contribution in [0.2, 0.25) is 5.02 Å². The number of carbonyl (C=O) groups is 1. The maximum atomic E-state index is 12.0.